The predicted molar refractivity (Wildman–Crippen MR) is 138 cm³/mol. The zero-order valence-electron chi connectivity index (χ0n) is 25.2. The minimum Gasteiger partial charge on any atom is -0.463 e. The lowest BCUT2D eigenvalue weighted by Crippen LogP contribution is -2.68. The smallest absolute Gasteiger partial charge is 0.303 e. The van der Waals surface area contributed by atoms with Gasteiger partial charge in [-0.15, -0.1) is 0 Å². The number of amides is 1. The van der Waals surface area contributed by atoms with E-state index in [9.17, 15) is 38.7 Å². The van der Waals surface area contributed by atoms with Gasteiger partial charge in [-0.2, -0.15) is 0 Å². The van der Waals surface area contributed by atoms with Crippen molar-refractivity contribution in [2.75, 3.05) is 13.2 Å². The first-order valence-corrected chi connectivity index (χ1v) is 13.4. The summed E-state index contributed by atoms with van der Waals surface area (Å²) in [6.45, 7) is 6.33. The lowest BCUT2D eigenvalue weighted by atomic mass is 9.95. The Morgan fingerprint density at radius 2 is 1.00 bits per heavy atom. The van der Waals surface area contributed by atoms with Crippen molar-refractivity contribution in [1.29, 1.82) is 0 Å². The van der Waals surface area contributed by atoms with Crippen LogP contribution in [-0.2, 0) is 76.2 Å². The van der Waals surface area contributed by atoms with E-state index in [1.54, 1.807) is 0 Å². The molecule has 0 bridgehead atoms. The molecule has 0 radical (unpaired) electrons. The van der Waals surface area contributed by atoms with Crippen molar-refractivity contribution in [2.24, 2.45) is 0 Å². The maximum atomic E-state index is 12.2. The zero-order chi connectivity index (χ0) is 33.3. The molecule has 0 saturated carbocycles. The number of nitrogens with one attached hydrogen (secondary N) is 1. The van der Waals surface area contributed by atoms with E-state index in [1.165, 1.54) is 0 Å². The molecule has 2 saturated heterocycles. The van der Waals surface area contributed by atoms with Gasteiger partial charge in [-0.25, -0.2) is 0 Å². The Balaban J connectivity index is 2.66. The highest BCUT2D eigenvalue weighted by Crippen LogP contribution is 2.34. The molecule has 18 nitrogen and oxygen atoms in total. The van der Waals surface area contributed by atoms with Crippen LogP contribution in [0.5, 0.6) is 0 Å². The molecular formula is C26H37NO17. The minimum absolute atomic E-state index is 0.559. The molecule has 1 amide bonds. The number of hydrogen-bond acceptors (Lipinski definition) is 17. The van der Waals surface area contributed by atoms with Gasteiger partial charge in [-0.3, -0.25) is 33.6 Å². The Hall–Kier alpha value is -3.87. The topological polar surface area (TPSA) is 235 Å². The van der Waals surface area contributed by atoms with Crippen LogP contribution in [0.4, 0.5) is 0 Å². The maximum Gasteiger partial charge on any atom is 0.303 e. The average molecular weight is 636 g/mol. The molecule has 248 valence electrons. The summed E-state index contributed by atoms with van der Waals surface area (Å²) < 4.78 is 49.2. The monoisotopic (exact) mass is 635 g/mol. The van der Waals surface area contributed by atoms with Gasteiger partial charge in [0, 0.05) is 48.5 Å². The average Bonchev–Trinajstić information content (AvgIpc) is 2.87. The second-order valence-corrected chi connectivity index (χ2v) is 9.84. The quantitative estimate of drug-likeness (QED) is 0.188. The molecule has 0 aromatic rings. The number of carbonyl (C=O) groups is 7. The third kappa shape index (κ3) is 10.7. The summed E-state index contributed by atoms with van der Waals surface area (Å²) in [6.07, 6.45) is -14.2. The standard InChI is InChI=1S/C26H37NO17/c1-10(28)27-19-22(39-14(5)32)20(17(42-25(19)35)8-36-11(2)29)44-26-24(41-16(7)34)23(40-15(6)33)21(38-13(4)31)18(43-26)9-37-12(3)30/h17-26,35H,8-9H2,1-7H3,(H,27,28)/t17-,18-,19+,20-,21+,22+,23+,24+,25-,26+/m1/s1. The van der Waals surface area contributed by atoms with Gasteiger partial charge in [0.25, 0.3) is 0 Å². The van der Waals surface area contributed by atoms with Crippen LogP contribution in [-0.4, -0.2) is 121 Å². The highest BCUT2D eigenvalue weighted by Gasteiger charge is 2.56. The lowest BCUT2D eigenvalue weighted by Gasteiger charge is -2.48. The minimum atomic E-state index is -1.79. The number of carbonyl (C=O) groups excluding carboxylic acids is 7. The van der Waals surface area contributed by atoms with Crippen LogP contribution in [0.25, 0.3) is 0 Å². The normalized spacial score (nSPS) is 31.5. The van der Waals surface area contributed by atoms with Crippen molar-refractivity contribution in [2.45, 2.75) is 110 Å². The molecule has 2 fully saturated rings. The van der Waals surface area contributed by atoms with Crippen molar-refractivity contribution < 1.29 is 81.3 Å². The highest BCUT2D eigenvalue weighted by atomic mass is 16.8. The Bertz CT molecular complexity index is 1090. The van der Waals surface area contributed by atoms with Gasteiger partial charge in [0.1, 0.15) is 37.6 Å². The maximum absolute atomic E-state index is 12.2. The van der Waals surface area contributed by atoms with Crippen LogP contribution in [0.2, 0.25) is 0 Å². The summed E-state index contributed by atoms with van der Waals surface area (Å²) >= 11 is 0. The fourth-order valence-corrected chi connectivity index (χ4v) is 4.59. The summed E-state index contributed by atoms with van der Waals surface area (Å²) in [6, 6.07) is -1.43. The van der Waals surface area contributed by atoms with Gasteiger partial charge in [0.15, 0.2) is 37.0 Å². The van der Waals surface area contributed by atoms with Crippen LogP contribution in [0.3, 0.4) is 0 Å². The summed E-state index contributed by atoms with van der Waals surface area (Å²) in [4.78, 5) is 83.6. The molecule has 2 heterocycles. The van der Waals surface area contributed by atoms with Crippen LogP contribution in [0, 0.1) is 0 Å². The molecule has 2 aliphatic rings. The van der Waals surface area contributed by atoms with Crippen LogP contribution >= 0.6 is 0 Å². The molecule has 0 unspecified atom stereocenters. The van der Waals surface area contributed by atoms with Crippen LogP contribution in [0.1, 0.15) is 48.5 Å². The Morgan fingerprint density at radius 3 is 1.45 bits per heavy atom. The van der Waals surface area contributed by atoms with Crippen molar-refractivity contribution in [1.82, 2.24) is 5.32 Å². The largest absolute Gasteiger partial charge is 0.463 e. The van der Waals surface area contributed by atoms with Crippen molar-refractivity contribution in [3.8, 4) is 0 Å². The Kier molecular flexibility index (Phi) is 13.4. The van der Waals surface area contributed by atoms with E-state index in [-0.39, 0.29) is 0 Å². The van der Waals surface area contributed by atoms with Crippen molar-refractivity contribution in [3.05, 3.63) is 0 Å². The van der Waals surface area contributed by atoms with E-state index in [2.05, 4.69) is 5.32 Å². The van der Waals surface area contributed by atoms with E-state index in [1.807, 2.05) is 0 Å². The summed E-state index contributed by atoms with van der Waals surface area (Å²) in [7, 11) is 0. The molecule has 2 rings (SSSR count). The molecule has 10 atom stereocenters. The number of aliphatic hydroxyl groups is 1. The Morgan fingerprint density at radius 1 is 0.568 bits per heavy atom. The second kappa shape index (κ2) is 16.3. The molecule has 0 spiro atoms. The third-order valence-electron chi connectivity index (χ3n) is 6.03. The number of aliphatic hydroxyl groups excluding tert-OH is 1. The van der Waals surface area contributed by atoms with Crippen LogP contribution in [0.15, 0.2) is 0 Å². The molecule has 0 aliphatic carbocycles. The number of ether oxygens (including phenoxy) is 9. The fraction of sp³-hybridized carbons (Fsp3) is 0.731. The number of rotatable bonds is 11. The summed E-state index contributed by atoms with van der Waals surface area (Å²) in [5.74, 6) is -5.68. The van der Waals surface area contributed by atoms with Gasteiger partial charge in [0.05, 0.1) is 0 Å². The van der Waals surface area contributed by atoms with Gasteiger partial charge in [-0.1, -0.05) is 0 Å². The van der Waals surface area contributed by atoms with Crippen molar-refractivity contribution >= 4 is 41.7 Å². The van der Waals surface area contributed by atoms with Gasteiger partial charge < -0.3 is 53.1 Å². The first kappa shape index (κ1) is 36.3. The third-order valence-corrected chi connectivity index (χ3v) is 6.03. The molecule has 0 aromatic carbocycles. The first-order chi connectivity index (χ1) is 20.5. The SMILES string of the molecule is CC(=O)N[C@H]1[C@H](OC(C)=O)[C@H](O[C@@H]2O[C@H](COC(C)=O)[C@H](OC(C)=O)[C@H](OC(C)=O)[C@@H]2OC(C)=O)[C@@H](COC(C)=O)O[C@H]1O. The lowest BCUT2D eigenvalue weighted by molar-refractivity contribution is -0.347. The molecule has 2 aliphatic heterocycles. The Labute approximate surface area is 251 Å². The predicted octanol–water partition coefficient (Wildman–Crippen LogP) is -1.83. The number of esters is 6. The number of hydrogen-bond donors (Lipinski definition) is 2. The molecule has 18 heteroatoms. The van der Waals surface area contributed by atoms with Crippen molar-refractivity contribution in [3.63, 3.8) is 0 Å². The summed E-state index contributed by atoms with van der Waals surface area (Å²) in [5, 5.41) is 13.1. The molecule has 0 aromatic heterocycles. The summed E-state index contributed by atoms with van der Waals surface area (Å²) in [5.41, 5.74) is 0. The molecule has 44 heavy (non-hydrogen) atoms. The highest BCUT2D eigenvalue weighted by molar-refractivity contribution is 5.73. The first-order valence-electron chi connectivity index (χ1n) is 13.4. The van der Waals surface area contributed by atoms with E-state index < -0.39 is 116 Å². The van der Waals surface area contributed by atoms with E-state index >= 15 is 0 Å². The van der Waals surface area contributed by atoms with E-state index in [0.717, 1.165) is 48.5 Å². The molecular weight excluding hydrogens is 598 g/mol. The van der Waals surface area contributed by atoms with E-state index in [0.29, 0.717) is 0 Å². The molecule has 2 N–H and O–H groups in total. The van der Waals surface area contributed by atoms with Gasteiger partial charge in [0.2, 0.25) is 5.91 Å². The van der Waals surface area contributed by atoms with Gasteiger partial charge in [-0.05, 0) is 0 Å². The van der Waals surface area contributed by atoms with Gasteiger partial charge >= 0.3 is 35.8 Å². The zero-order valence-corrected chi connectivity index (χ0v) is 25.2. The second-order valence-electron chi connectivity index (χ2n) is 9.84. The fourth-order valence-electron chi connectivity index (χ4n) is 4.59. The van der Waals surface area contributed by atoms with E-state index in [4.69, 9.17) is 42.6 Å². The van der Waals surface area contributed by atoms with Crippen LogP contribution < -0.4 is 5.32 Å².